The fourth-order valence-electron chi connectivity index (χ4n) is 1.93. The van der Waals surface area contributed by atoms with Gasteiger partial charge in [-0.1, -0.05) is 20.8 Å². The third-order valence-electron chi connectivity index (χ3n) is 3.15. The van der Waals surface area contributed by atoms with E-state index in [4.69, 9.17) is 11.6 Å². The van der Waals surface area contributed by atoms with Gasteiger partial charge in [-0.25, -0.2) is 15.8 Å². The highest BCUT2D eigenvalue weighted by atomic mass is 16.1. The van der Waals surface area contributed by atoms with Crippen LogP contribution in [0.5, 0.6) is 0 Å². The Morgan fingerprint density at radius 3 is 2.29 bits per heavy atom. The Morgan fingerprint density at radius 2 is 1.90 bits per heavy atom. The van der Waals surface area contributed by atoms with Crippen molar-refractivity contribution < 1.29 is 4.79 Å². The van der Waals surface area contributed by atoms with E-state index in [-0.39, 0.29) is 18.0 Å². The molecule has 0 aliphatic carbocycles. The van der Waals surface area contributed by atoms with Gasteiger partial charge >= 0.3 is 0 Å². The Bertz CT molecular complexity index is 521. The lowest BCUT2D eigenvalue weighted by Gasteiger charge is -2.30. The molecule has 0 radical (unpaired) electrons. The lowest BCUT2D eigenvalue weighted by atomic mass is 9.95. The maximum absolute atomic E-state index is 11.3. The maximum Gasteiger partial charge on any atom is 0.237 e. The van der Waals surface area contributed by atoms with Crippen LogP contribution in [0, 0.1) is 6.92 Å². The number of hydrazine groups is 1. The van der Waals surface area contributed by atoms with Crippen molar-refractivity contribution in [1.82, 2.24) is 9.97 Å². The van der Waals surface area contributed by atoms with Gasteiger partial charge in [0.1, 0.15) is 17.5 Å². The largest absolute Gasteiger partial charge is 0.368 e. The van der Waals surface area contributed by atoms with E-state index < -0.39 is 5.91 Å². The van der Waals surface area contributed by atoms with E-state index in [1.54, 1.807) is 0 Å². The van der Waals surface area contributed by atoms with E-state index in [0.29, 0.717) is 17.5 Å². The van der Waals surface area contributed by atoms with Crippen LogP contribution in [0.4, 0.5) is 11.6 Å². The summed E-state index contributed by atoms with van der Waals surface area (Å²) in [6.45, 7) is 12.0. The van der Waals surface area contributed by atoms with Crippen molar-refractivity contribution in [3.63, 3.8) is 0 Å². The highest BCUT2D eigenvalue weighted by Crippen LogP contribution is 2.28. The van der Waals surface area contributed by atoms with Crippen LogP contribution in [0.25, 0.3) is 0 Å². The minimum Gasteiger partial charge on any atom is -0.368 e. The minimum atomic E-state index is -0.402. The smallest absolute Gasteiger partial charge is 0.237 e. The van der Waals surface area contributed by atoms with Gasteiger partial charge in [0, 0.05) is 17.0 Å². The Hall–Kier alpha value is -1.89. The van der Waals surface area contributed by atoms with Crippen molar-refractivity contribution in [2.45, 2.75) is 53.0 Å². The Labute approximate surface area is 126 Å². The third kappa shape index (κ3) is 4.04. The van der Waals surface area contributed by atoms with Crippen LogP contribution in [-0.4, -0.2) is 28.5 Å². The standard InChI is InChI=1S/C14H26N6O/c1-8(2)20(7-10(15)21)12-9(3)11(19-16)17-13(18-12)14(4,5)6/h8H,7,16H2,1-6H3,(H2,15,21)(H,17,18,19). The summed E-state index contributed by atoms with van der Waals surface area (Å²) in [5.74, 6) is 7.05. The van der Waals surface area contributed by atoms with Gasteiger partial charge in [0.05, 0.1) is 6.54 Å². The summed E-state index contributed by atoms with van der Waals surface area (Å²) in [4.78, 5) is 22.3. The Balaban J connectivity index is 3.47. The first-order valence-corrected chi connectivity index (χ1v) is 6.98. The number of rotatable bonds is 5. The van der Waals surface area contributed by atoms with Gasteiger partial charge in [-0.05, 0) is 20.8 Å². The summed E-state index contributed by atoms with van der Waals surface area (Å²) < 4.78 is 0. The summed E-state index contributed by atoms with van der Waals surface area (Å²) in [7, 11) is 0. The number of aromatic nitrogens is 2. The number of hydrogen-bond acceptors (Lipinski definition) is 6. The van der Waals surface area contributed by atoms with Gasteiger partial charge < -0.3 is 16.1 Å². The molecule has 0 aliphatic heterocycles. The average molecular weight is 294 g/mol. The molecule has 0 bridgehead atoms. The van der Waals surface area contributed by atoms with E-state index in [9.17, 15) is 4.79 Å². The summed E-state index contributed by atoms with van der Waals surface area (Å²) in [6.07, 6.45) is 0. The molecule has 0 unspecified atom stereocenters. The monoisotopic (exact) mass is 294 g/mol. The molecule has 0 spiro atoms. The van der Waals surface area contributed by atoms with Gasteiger partial charge in [0.15, 0.2) is 0 Å². The molecular formula is C14H26N6O. The van der Waals surface area contributed by atoms with Crippen LogP contribution in [-0.2, 0) is 10.2 Å². The molecule has 5 N–H and O–H groups in total. The van der Waals surface area contributed by atoms with E-state index in [2.05, 4.69) is 15.4 Å². The fraction of sp³-hybridized carbons (Fsp3) is 0.643. The molecule has 1 aromatic heterocycles. The van der Waals surface area contributed by atoms with Crippen LogP contribution in [0.1, 0.15) is 46.0 Å². The van der Waals surface area contributed by atoms with Crippen molar-refractivity contribution >= 4 is 17.5 Å². The number of carbonyl (C=O) groups is 1. The SMILES string of the molecule is Cc1c(NN)nc(C(C)(C)C)nc1N(CC(N)=O)C(C)C. The molecule has 0 aliphatic rings. The van der Waals surface area contributed by atoms with E-state index in [0.717, 1.165) is 5.56 Å². The van der Waals surface area contributed by atoms with Crippen molar-refractivity contribution in [3.05, 3.63) is 11.4 Å². The zero-order chi connectivity index (χ0) is 16.4. The fourth-order valence-corrected chi connectivity index (χ4v) is 1.93. The van der Waals surface area contributed by atoms with E-state index in [1.165, 1.54) is 0 Å². The van der Waals surface area contributed by atoms with Crippen molar-refractivity contribution in [2.24, 2.45) is 11.6 Å². The average Bonchev–Trinajstić information content (AvgIpc) is 2.34. The number of amides is 1. The van der Waals surface area contributed by atoms with Gasteiger partial charge in [-0.15, -0.1) is 0 Å². The molecule has 1 aromatic rings. The highest BCUT2D eigenvalue weighted by Gasteiger charge is 2.25. The topological polar surface area (TPSA) is 110 Å². The quantitative estimate of drug-likeness (QED) is 0.553. The first-order valence-electron chi connectivity index (χ1n) is 6.98. The predicted octanol–water partition coefficient (Wildman–Crippen LogP) is 1.07. The molecule has 1 amide bonds. The minimum absolute atomic E-state index is 0.0737. The zero-order valence-electron chi connectivity index (χ0n) is 13.7. The summed E-state index contributed by atoms with van der Waals surface area (Å²) in [5.41, 5.74) is 8.51. The summed E-state index contributed by atoms with van der Waals surface area (Å²) in [6, 6.07) is 0.0737. The van der Waals surface area contributed by atoms with Crippen LogP contribution in [0.15, 0.2) is 0 Å². The number of primary amides is 1. The van der Waals surface area contributed by atoms with Crippen molar-refractivity contribution in [2.75, 3.05) is 16.9 Å². The number of nitrogens with zero attached hydrogens (tertiary/aromatic N) is 3. The van der Waals surface area contributed by atoms with Crippen molar-refractivity contribution in [1.29, 1.82) is 0 Å². The highest BCUT2D eigenvalue weighted by molar-refractivity contribution is 5.80. The summed E-state index contributed by atoms with van der Waals surface area (Å²) >= 11 is 0. The van der Waals surface area contributed by atoms with Gasteiger partial charge in [0.2, 0.25) is 5.91 Å². The molecule has 1 heterocycles. The van der Waals surface area contributed by atoms with Crippen LogP contribution in [0.2, 0.25) is 0 Å². The van der Waals surface area contributed by atoms with E-state index >= 15 is 0 Å². The number of carbonyl (C=O) groups excluding carboxylic acids is 1. The second-order valence-corrected chi connectivity index (χ2v) is 6.43. The molecule has 0 atom stereocenters. The normalized spacial score (nSPS) is 11.6. The molecule has 7 nitrogen and oxygen atoms in total. The number of anilines is 2. The maximum atomic E-state index is 11.3. The van der Waals surface area contributed by atoms with Gasteiger partial charge in [-0.3, -0.25) is 4.79 Å². The molecule has 0 saturated carbocycles. The predicted molar refractivity (Wildman–Crippen MR) is 85.0 cm³/mol. The second kappa shape index (κ2) is 6.26. The van der Waals surface area contributed by atoms with E-state index in [1.807, 2.05) is 46.4 Å². The van der Waals surface area contributed by atoms with Gasteiger partial charge in [-0.2, -0.15) is 0 Å². The van der Waals surface area contributed by atoms with Crippen LogP contribution in [0.3, 0.4) is 0 Å². The molecule has 118 valence electrons. The number of hydrogen-bond donors (Lipinski definition) is 3. The zero-order valence-corrected chi connectivity index (χ0v) is 13.7. The molecular weight excluding hydrogens is 268 g/mol. The molecule has 1 rings (SSSR count). The number of nitrogens with one attached hydrogen (secondary N) is 1. The Kier molecular flexibility index (Phi) is 5.11. The first-order chi connectivity index (χ1) is 9.57. The molecule has 7 heteroatoms. The van der Waals surface area contributed by atoms with Crippen molar-refractivity contribution in [3.8, 4) is 0 Å². The number of nitrogen functional groups attached to an aromatic ring is 1. The second-order valence-electron chi connectivity index (χ2n) is 6.43. The third-order valence-corrected chi connectivity index (χ3v) is 3.15. The van der Waals surface area contributed by atoms with Crippen LogP contribution >= 0.6 is 0 Å². The molecule has 21 heavy (non-hydrogen) atoms. The Morgan fingerprint density at radius 1 is 1.33 bits per heavy atom. The molecule has 0 fully saturated rings. The van der Waals surface area contributed by atoms with Gasteiger partial charge in [0.25, 0.3) is 0 Å². The summed E-state index contributed by atoms with van der Waals surface area (Å²) in [5, 5.41) is 0. The lowest BCUT2D eigenvalue weighted by molar-refractivity contribution is -0.116. The molecule has 0 saturated heterocycles. The molecule has 0 aromatic carbocycles. The lowest BCUT2D eigenvalue weighted by Crippen LogP contribution is -2.40. The van der Waals surface area contributed by atoms with Crippen LogP contribution < -0.4 is 21.9 Å². The first kappa shape index (κ1) is 17.2. The number of nitrogens with two attached hydrogens (primary N) is 2.